The summed E-state index contributed by atoms with van der Waals surface area (Å²) < 4.78 is 5.33. The molecule has 0 atom stereocenters. The predicted octanol–water partition coefficient (Wildman–Crippen LogP) is 2.31. The smallest absolute Gasteiger partial charge is 0.181 e. The van der Waals surface area contributed by atoms with E-state index in [-0.39, 0.29) is 0 Å². The quantitative estimate of drug-likeness (QED) is 0.836. The van der Waals surface area contributed by atoms with Crippen LogP contribution in [0.3, 0.4) is 0 Å². The lowest BCUT2D eigenvalue weighted by Crippen LogP contribution is -2.46. The van der Waals surface area contributed by atoms with Crippen LogP contribution < -0.4 is 10.6 Å². The first-order valence-corrected chi connectivity index (χ1v) is 6.99. The standard InChI is InChI=1S/C15H21N3O/c1-16-9-15(5-2-6-15)10-17-8-12-3-4-13-14(7-12)19-11-18-13/h3-4,7,11,16-17H,2,5-6,8-10H2,1H3. The fourth-order valence-electron chi connectivity index (χ4n) is 2.95. The first-order valence-electron chi connectivity index (χ1n) is 6.99. The van der Waals surface area contributed by atoms with Crippen LogP contribution in [0.2, 0.25) is 0 Å². The normalized spacial score (nSPS) is 17.5. The van der Waals surface area contributed by atoms with E-state index in [0.717, 1.165) is 30.7 Å². The van der Waals surface area contributed by atoms with Crippen molar-refractivity contribution in [2.75, 3.05) is 20.1 Å². The summed E-state index contributed by atoms with van der Waals surface area (Å²) in [6.07, 6.45) is 5.54. The second kappa shape index (κ2) is 5.31. The van der Waals surface area contributed by atoms with Gasteiger partial charge in [-0.25, -0.2) is 4.98 Å². The largest absolute Gasteiger partial charge is 0.443 e. The van der Waals surface area contributed by atoms with Crippen molar-refractivity contribution < 1.29 is 4.42 Å². The Bertz CT molecular complexity index is 545. The van der Waals surface area contributed by atoms with Gasteiger partial charge in [0.25, 0.3) is 0 Å². The molecular formula is C15H21N3O. The van der Waals surface area contributed by atoms with Crippen LogP contribution in [0.5, 0.6) is 0 Å². The molecule has 4 nitrogen and oxygen atoms in total. The molecule has 1 fully saturated rings. The highest BCUT2D eigenvalue weighted by Gasteiger charge is 2.35. The zero-order chi connectivity index (χ0) is 13.1. The van der Waals surface area contributed by atoms with Crippen molar-refractivity contribution in [3.05, 3.63) is 30.2 Å². The monoisotopic (exact) mass is 259 g/mol. The van der Waals surface area contributed by atoms with Crippen LogP contribution in [0.25, 0.3) is 11.1 Å². The molecule has 4 heteroatoms. The van der Waals surface area contributed by atoms with Crippen molar-refractivity contribution in [3.63, 3.8) is 0 Å². The van der Waals surface area contributed by atoms with Crippen LogP contribution >= 0.6 is 0 Å². The summed E-state index contributed by atoms with van der Waals surface area (Å²) in [7, 11) is 2.04. The number of nitrogens with one attached hydrogen (secondary N) is 2. The van der Waals surface area contributed by atoms with Crippen LogP contribution in [0.4, 0.5) is 0 Å². The number of aromatic nitrogens is 1. The zero-order valence-electron chi connectivity index (χ0n) is 11.4. The molecule has 1 heterocycles. The van der Waals surface area contributed by atoms with E-state index in [1.54, 1.807) is 0 Å². The molecule has 2 N–H and O–H groups in total. The summed E-state index contributed by atoms with van der Waals surface area (Å²) in [5, 5.41) is 6.90. The van der Waals surface area contributed by atoms with Crippen LogP contribution in [-0.2, 0) is 6.54 Å². The number of hydrogen-bond acceptors (Lipinski definition) is 4. The third-order valence-corrected chi connectivity index (χ3v) is 4.19. The van der Waals surface area contributed by atoms with Crippen LogP contribution in [0.1, 0.15) is 24.8 Å². The molecule has 1 aliphatic carbocycles. The Morgan fingerprint density at radius 2 is 2.21 bits per heavy atom. The third-order valence-electron chi connectivity index (χ3n) is 4.19. The first-order chi connectivity index (χ1) is 9.31. The van der Waals surface area contributed by atoms with E-state index in [1.165, 1.54) is 31.2 Å². The van der Waals surface area contributed by atoms with Gasteiger partial charge in [0.05, 0.1) is 0 Å². The van der Waals surface area contributed by atoms with Gasteiger partial charge in [0.1, 0.15) is 5.52 Å². The number of oxazole rings is 1. The lowest BCUT2D eigenvalue weighted by atomic mass is 9.68. The highest BCUT2D eigenvalue weighted by atomic mass is 16.3. The van der Waals surface area contributed by atoms with Gasteiger partial charge in [-0.3, -0.25) is 0 Å². The van der Waals surface area contributed by atoms with Crippen LogP contribution in [0, 0.1) is 5.41 Å². The van der Waals surface area contributed by atoms with Gasteiger partial charge in [-0.1, -0.05) is 12.5 Å². The molecule has 19 heavy (non-hydrogen) atoms. The Labute approximate surface area is 113 Å². The number of benzene rings is 1. The maximum absolute atomic E-state index is 5.33. The molecule has 3 rings (SSSR count). The molecule has 0 unspecified atom stereocenters. The number of fused-ring (bicyclic) bond motifs is 1. The lowest BCUT2D eigenvalue weighted by Gasteiger charge is -2.42. The molecule has 0 amide bonds. The molecule has 1 aliphatic rings. The van der Waals surface area contributed by atoms with Gasteiger partial charge in [0.15, 0.2) is 12.0 Å². The second-order valence-corrected chi connectivity index (χ2v) is 5.64. The summed E-state index contributed by atoms with van der Waals surface area (Å²) in [5.41, 5.74) is 3.52. The van der Waals surface area contributed by atoms with Crippen molar-refractivity contribution in [2.24, 2.45) is 5.41 Å². The fraction of sp³-hybridized carbons (Fsp3) is 0.533. The maximum atomic E-state index is 5.33. The van der Waals surface area contributed by atoms with E-state index in [4.69, 9.17) is 4.42 Å². The number of nitrogens with zero attached hydrogens (tertiary/aromatic N) is 1. The van der Waals surface area contributed by atoms with Crippen LogP contribution in [-0.4, -0.2) is 25.1 Å². The average Bonchev–Trinajstić information content (AvgIpc) is 2.83. The minimum Gasteiger partial charge on any atom is -0.443 e. The molecule has 102 valence electrons. The van der Waals surface area contributed by atoms with Crippen molar-refractivity contribution >= 4 is 11.1 Å². The maximum Gasteiger partial charge on any atom is 0.181 e. The van der Waals surface area contributed by atoms with E-state index in [9.17, 15) is 0 Å². The topological polar surface area (TPSA) is 50.1 Å². The van der Waals surface area contributed by atoms with Gasteiger partial charge >= 0.3 is 0 Å². The zero-order valence-corrected chi connectivity index (χ0v) is 11.4. The summed E-state index contributed by atoms with van der Waals surface area (Å²) in [6.45, 7) is 3.09. The Kier molecular flexibility index (Phi) is 3.53. The lowest BCUT2D eigenvalue weighted by molar-refractivity contribution is 0.130. The Morgan fingerprint density at radius 3 is 2.95 bits per heavy atom. The van der Waals surface area contributed by atoms with E-state index >= 15 is 0 Å². The SMILES string of the molecule is CNCC1(CNCc2ccc3ncoc3c2)CCC1. The summed E-state index contributed by atoms with van der Waals surface area (Å²) >= 11 is 0. The van der Waals surface area contributed by atoms with E-state index < -0.39 is 0 Å². The van der Waals surface area contributed by atoms with Gasteiger partial charge in [-0.15, -0.1) is 0 Å². The Hall–Kier alpha value is -1.39. The molecule has 0 saturated heterocycles. The number of rotatable bonds is 6. The highest BCUT2D eigenvalue weighted by Crippen LogP contribution is 2.39. The Balaban J connectivity index is 1.56. The molecule has 1 saturated carbocycles. The summed E-state index contributed by atoms with van der Waals surface area (Å²) in [5.74, 6) is 0. The summed E-state index contributed by atoms with van der Waals surface area (Å²) in [6, 6.07) is 6.20. The van der Waals surface area contributed by atoms with Gasteiger partial charge in [-0.05, 0) is 43.0 Å². The molecule has 2 aromatic rings. The fourth-order valence-corrected chi connectivity index (χ4v) is 2.95. The molecule has 0 aliphatic heterocycles. The van der Waals surface area contributed by atoms with Crippen molar-refractivity contribution in [1.29, 1.82) is 0 Å². The Morgan fingerprint density at radius 1 is 1.32 bits per heavy atom. The average molecular weight is 259 g/mol. The minimum atomic E-state index is 0.477. The molecule has 1 aromatic carbocycles. The van der Waals surface area contributed by atoms with Crippen molar-refractivity contribution in [3.8, 4) is 0 Å². The predicted molar refractivity (Wildman–Crippen MR) is 75.9 cm³/mol. The van der Waals surface area contributed by atoms with E-state index in [2.05, 4.69) is 27.8 Å². The van der Waals surface area contributed by atoms with Crippen molar-refractivity contribution in [1.82, 2.24) is 15.6 Å². The molecule has 0 spiro atoms. The van der Waals surface area contributed by atoms with Gasteiger partial charge in [0.2, 0.25) is 0 Å². The van der Waals surface area contributed by atoms with E-state index in [0.29, 0.717) is 5.41 Å². The summed E-state index contributed by atoms with van der Waals surface area (Å²) in [4.78, 5) is 4.13. The molecular weight excluding hydrogens is 238 g/mol. The highest BCUT2D eigenvalue weighted by molar-refractivity contribution is 5.72. The number of hydrogen-bond donors (Lipinski definition) is 2. The van der Waals surface area contributed by atoms with Gasteiger partial charge in [-0.2, -0.15) is 0 Å². The molecule has 0 bridgehead atoms. The third kappa shape index (κ3) is 2.65. The molecule has 0 radical (unpaired) electrons. The van der Waals surface area contributed by atoms with Crippen molar-refractivity contribution in [2.45, 2.75) is 25.8 Å². The van der Waals surface area contributed by atoms with Crippen LogP contribution in [0.15, 0.2) is 29.0 Å². The first kappa shape index (κ1) is 12.6. The van der Waals surface area contributed by atoms with E-state index in [1.807, 2.05) is 13.1 Å². The molecule has 1 aromatic heterocycles. The van der Waals surface area contributed by atoms with Gasteiger partial charge in [0, 0.05) is 19.6 Å². The minimum absolute atomic E-state index is 0.477. The van der Waals surface area contributed by atoms with Gasteiger partial charge < -0.3 is 15.1 Å². The second-order valence-electron chi connectivity index (χ2n) is 5.64.